The van der Waals surface area contributed by atoms with E-state index in [0.29, 0.717) is 0 Å². The van der Waals surface area contributed by atoms with Gasteiger partial charge in [-0.15, -0.1) is 0 Å². The second-order valence-electron chi connectivity index (χ2n) is 1.96. The smallest absolute Gasteiger partial charge is 0.317 e. The first-order chi connectivity index (χ1) is 6.23. The molecule has 0 saturated heterocycles. The van der Waals surface area contributed by atoms with E-state index in [0.717, 1.165) is 13.8 Å². The van der Waals surface area contributed by atoms with E-state index >= 15 is 0 Å². The van der Waals surface area contributed by atoms with Crippen molar-refractivity contribution in [1.29, 1.82) is 0 Å². The minimum atomic E-state index is -0.833. The summed E-state index contributed by atoms with van der Waals surface area (Å²) in [4.78, 5) is 27.5. The molecule has 0 rings (SSSR count). The van der Waals surface area contributed by atoms with Crippen molar-refractivity contribution in [2.75, 3.05) is 13.6 Å². The van der Waals surface area contributed by atoms with Crippen LogP contribution >= 0.6 is 0 Å². The summed E-state index contributed by atoms with van der Waals surface area (Å²) in [5, 5.41) is 25.2. The van der Waals surface area contributed by atoms with Crippen LogP contribution in [0.3, 0.4) is 0 Å². The minimum Gasteiger partial charge on any atom is -0.481 e. The molecule has 0 heterocycles. The standard InChI is InChI=1S/C3H7NO2.2C2H4O2.Mn/c1-4-2-3(5)6;2*1-2(3)4;/h4H,2H2,1H3,(H,5,6);2*1H3,(H,3,4);. The summed E-state index contributed by atoms with van der Waals surface area (Å²) in [5.41, 5.74) is 0. The molecule has 0 aliphatic rings. The van der Waals surface area contributed by atoms with E-state index in [1.165, 1.54) is 0 Å². The van der Waals surface area contributed by atoms with Gasteiger partial charge in [0.15, 0.2) is 0 Å². The number of carboxylic acid groups (broad SMARTS) is 3. The molecule has 0 unspecified atom stereocenters. The molecule has 4 N–H and O–H groups in total. The largest absolute Gasteiger partial charge is 0.481 e. The molecule has 0 spiro atoms. The molecule has 8 heteroatoms. The van der Waals surface area contributed by atoms with Gasteiger partial charge in [-0.1, -0.05) is 0 Å². The summed E-state index contributed by atoms with van der Waals surface area (Å²) < 4.78 is 0. The van der Waals surface area contributed by atoms with Crippen molar-refractivity contribution >= 4 is 17.9 Å². The third-order valence-electron chi connectivity index (χ3n) is 0.328. The van der Waals surface area contributed by atoms with E-state index in [-0.39, 0.29) is 23.6 Å². The zero-order valence-electron chi connectivity index (χ0n) is 8.65. The molecule has 0 saturated carbocycles. The Bertz CT molecular complexity index is 164. The maximum absolute atomic E-state index is 9.54. The summed E-state index contributed by atoms with van der Waals surface area (Å²) in [6.45, 7) is 2.21. The summed E-state index contributed by atoms with van der Waals surface area (Å²) >= 11 is 0. The molecule has 1 radical (unpaired) electrons. The number of nitrogens with one attached hydrogen (secondary N) is 1. The Morgan fingerprint density at radius 3 is 1.20 bits per heavy atom. The van der Waals surface area contributed by atoms with Gasteiger partial charge >= 0.3 is 5.97 Å². The quantitative estimate of drug-likeness (QED) is 0.494. The first-order valence-corrected chi connectivity index (χ1v) is 3.49. The van der Waals surface area contributed by atoms with Crippen LogP contribution in [0.1, 0.15) is 13.8 Å². The van der Waals surface area contributed by atoms with Crippen LogP contribution < -0.4 is 5.32 Å². The fourth-order valence-corrected chi connectivity index (χ4v) is 0.151. The minimum absolute atomic E-state index is 0. The predicted octanol–water partition coefficient (Wildman–Crippen LogP) is -0.530. The first-order valence-electron chi connectivity index (χ1n) is 3.49. The van der Waals surface area contributed by atoms with Crippen molar-refractivity contribution < 1.29 is 46.8 Å². The van der Waals surface area contributed by atoms with Crippen LogP contribution in [-0.2, 0) is 31.5 Å². The molecule has 0 bridgehead atoms. The molecular weight excluding hydrogens is 249 g/mol. The Morgan fingerprint density at radius 1 is 1.00 bits per heavy atom. The molecule has 0 fully saturated rings. The second-order valence-corrected chi connectivity index (χ2v) is 1.96. The van der Waals surface area contributed by atoms with E-state index in [9.17, 15) is 4.79 Å². The summed E-state index contributed by atoms with van der Waals surface area (Å²) in [7, 11) is 1.59. The van der Waals surface area contributed by atoms with Gasteiger partial charge in [-0.25, -0.2) is 0 Å². The van der Waals surface area contributed by atoms with Gasteiger partial charge < -0.3 is 20.6 Å². The Morgan fingerprint density at radius 2 is 1.20 bits per heavy atom. The van der Waals surface area contributed by atoms with Crippen LogP contribution in [0.25, 0.3) is 0 Å². The van der Waals surface area contributed by atoms with Gasteiger partial charge in [0.2, 0.25) is 0 Å². The fraction of sp³-hybridized carbons (Fsp3) is 0.571. The molecule has 0 aliphatic carbocycles. The van der Waals surface area contributed by atoms with Crippen molar-refractivity contribution in [1.82, 2.24) is 5.32 Å². The van der Waals surface area contributed by atoms with Gasteiger partial charge in [-0.2, -0.15) is 0 Å². The van der Waals surface area contributed by atoms with E-state index in [1.54, 1.807) is 7.05 Å². The van der Waals surface area contributed by atoms with Crippen molar-refractivity contribution in [2.24, 2.45) is 0 Å². The van der Waals surface area contributed by atoms with Crippen molar-refractivity contribution in [3.8, 4) is 0 Å². The predicted molar refractivity (Wildman–Crippen MR) is 48.2 cm³/mol. The number of carboxylic acids is 3. The van der Waals surface area contributed by atoms with Gasteiger partial charge in [0.05, 0.1) is 6.54 Å². The SMILES string of the molecule is CC(=O)O.CC(=O)O.CNCC(=O)O.[Mn]. The molecule has 0 aromatic heterocycles. The molecule has 0 amide bonds. The van der Waals surface area contributed by atoms with Gasteiger partial charge in [-0.3, -0.25) is 14.4 Å². The van der Waals surface area contributed by atoms with E-state index in [2.05, 4.69) is 5.32 Å². The molecule has 0 aromatic rings. The van der Waals surface area contributed by atoms with Crippen molar-refractivity contribution in [2.45, 2.75) is 13.8 Å². The van der Waals surface area contributed by atoms with Crippen LogP contribution in [0.15, 0.2) is 0 Å². The zero-order chi connectivity index (χ0) is 12.1. The molecule has 7 nitrogen and oxygen atoms in total. The maximum atomic E-state index is 9.54. The number of carbonyl (C=O) groups is 3. The number of hydrogen-bond acceptors (Lipinski definition) is 4. The number of rotatable bonds is 2. The number of aliphatic carboxylic acids is 3. The monoisotopic (exact) mass is 264 g/mol. The Balaban J connectivity index is -0.0000000606. The van der Waals surface area contributed by atoms with Crippen LogP contribution in [0, 0.1) is 0 Å². The first kappa shape index (κ1) is 23.6. The summed E-state index contributed by atoms with van der Waals surface area (Å²) in [6.07, 6.45) is 0. The molecular formula is C7H15MnNO6. The van der Waals surface area contributed by atoms with Gasteiger partial charge in [0.25, 0.3) is 11.9 Å². The Kier molecular flexibility index (Phi) is 29.3. The molecule has 0 aromatic carbocycles. The van der Waals surface area contributed by atoms with Crippen molar-refractivity contribution in [3.63, 3.8) is 0 Å². The molecule has 91 valence electrons. The van der Waals surface area contributed by atoms with E-state index in [1.807, 2.05) is 0 Å². The molecule has 0 atom stereocenters. The van der Waals surface area contributed by atoms with Crippen LogP contribution in [-0.4, -0.2) is 46.8 Å². The van der Waals surface area contributed by atoms with Crippen LogP contribution in [0.2, 0.25) is 0 Å². The van der Waals surface area contributed by atoms with Crippen molar-refractivity contribution in [3.05, 3.63) is 0 Å². The average molecular weight is 264 g/mol. The normalized spacial score (nSPS) is 6.60. The molecule has 0 aliphatic heterocycles. The average Bonchev–Trinajstić information content (AvgIpc) is 1.82. The van der Waals surface area contributed by atoms with Gasteiger partial charge in [0, 0.05) is 30.9 Å². The third kappa shape index (κ3) is 428. The summed E-state index contributed by atoms with van der Waals surface area (Å²) in [6, 6.07) is 0. The third-order valence-corrected chi connectivity index (χ3v) is 0.328. The Hall–Kier alpha value is -1.11. The van der Waals surface area contributed by atoms with E-state index < -0.39 is 17.9 Å². The summed E-state index contributed by atoms with van der Waals surface area (Å²) in [5.74, 6) is -2.49. The van der Waals surface area contributed by atoms with E-state index in [4.69, 9.17) is 24.9 Å². The van der Waals surface area contributed by atoms with Gasteiger partial charge in [0.1, 0.15) is 0 Å². The molecule has 15 heavy (non-hydrogen) atoms. The number of likely N-dealkylation sites (N-methyl/N-ethyl adjacent to an activating group) is 1. The van der Waals surface area contributed by atoms with Crippen LogP contribution in [0.4, 0.5) is 0 Å². The maximum Gasteiger partial charge on any atom is 0.317 e. The second kappa shape index (κ2) is 18.6. The van der Waals surface area contributed by atoms with Crippen LogP contribution in [0.5, 0.6) is 0 Å². The fourth-order valence-electron chi connectivity index (χ4n) is 0.151. The topological polar surface area (TPSA) is 124 Å². The zero-order valence-corrected chi connectivity index (χ0v) is 9.83. The van der Waals surface area contributed by atoms with Gasteiger partial charge in [-0.05, 0) is 7.05 Å². The number of hydrogen-bond donors (Lipinski definition) is 4. The Labute approximate surface area is 98.0 Å².